The fourth-order valence-electron chi connectivity index (χ4n) is 5.14. The van der Waals surface area contributed by atoms with E-state index in [1.165, 1.54) is 17.4 Å². The molecule has 10 nitrogen and oxygen atoms in total. The second-order valence-corrected chi connectivity index (χ2v) is 10.9. The van der Waals surface area contributed by atoms with Crippen molar-refractivity contribution < 1.29 is 19.1 Å². The van der Waals surface area contributed by atoms with E-state index in [1.807, 2.05) is 48.5 Å². The van der Waals surface area contributed by atoms with E-state index in [4.69, 9.17) is 25.8 Å². The number of aryl methyl sites for hydroxylation is 1. The maximum Gasteiger partial charge on any atom is 0.414 e. The van der Waals surface area contributed by atoms with Gasteiger partial charge in [0.2, 0.25) is 0 Å². The molecular formula is C31H32ClN5O5. The van der Waals surface area contributed by atoms with Crippen LogP contribution in [0.1, 0.15) is 17.5 Å². The van der Waals surface area contributed by atoms with Crippen molar-refractivity contribution in [3.63, 3.8) is 0 Å². The van der Waals surface area contributed by atoms with Crippen LogP contribution in [0.2, 0.25) is 5.02 Å². The molecule has 42 heavy (non-hydrogen) atoms. The van der Waals surface area contributed by atoms with Crippen LogP contribution in [0.3, 0.4) is 0 Å². The minimum atomic E-state index is -0.512. The summed E-state index contributed by atoms with van der Waals surface area (Å²) in [7, 11) is 0. The highest BCUT2D eigenvalue weighted by molar-refractivity contribution is 6.30. The first-order valence-electron chi connectivity index (χ1n) is 14.0. The fourth-order valence-corrected chi connectivity index (χ4v) is 5.27. The number of aromatic nitrogens is 2. The summed E-state index contributed by atoms with van der Waals surface area (Å²) < 4.78 is 19.3. The van der Waals surface area contributed by atoms with Crippen LogP contribution < -0.4 is 19.1 Å². The normalized spacial score (nSPS) is 16.9. The second kappa shape index (κ2) is 12.7. The molecule has 0 saturated carbocycles. The monoisotopic (exact) mass is 589 g/mol. The van der Waals surface area contributed by atoms with Crippen molar-refractivity contribution in [2.75, 3.05) is 37.7 Å². The number of anilines is 1. The zero-order valence-corrected chi connectivity index (χ0v) is 23.9. The average Bonchev–Trinajstić information content (AvgIpc) is 3.45. The molecule has 0 bridgehead atoms. The van der Waals surface area contributed by atoms with Crippen LogP contribution in [0.5, 0.6) is 17.5 Å². The third-order valence-corrected chi connectivity index (χ3v) is 7.79. The Labute approximate surface area is 249 Å². The van der Waals surface area contributed by atoms with Crippen molar-refractivity contribution in [3.8, 4) is 17.5 Å². The van der Waals surface area contributed by atoms with Gasteiger partial charge in [0.25, 0.3) is 0 Å². The molecule has 1 saturated heterocycles. The molecule has 1 atom stereocenters. The van der Waals surface area contributed by atoms with Gasteiger partial charge in [0, 0.05) is 61.4 Å². The third-order valence-electron chi connectivity index (χ3n) is 7.54. The molecule has 3 aromatic carbocycles. The van der Waals surface area contributed by atoms with Gasteiger partial charge < -0.3 is 29.2 Å². The molecule has 0 N–H and O–H groups in total. The van der Waals surface area contributed by atoms with Gasteiger partial charge in [-0.05, 0) is 64.6 Å². The van der Waals surface area contributed by atoms with E-state index in [0.717, 1.165) is 54.8 Å². The van der Waals surface area contributed by atoms with E-state index in [9.17, 15) is 10.1 Å². The molecule has 2 aliphatic heterocycles. The molecule has 6 rings (SSSR count). The van der Waals surface area contributed by atoms with Crippen molar-refractivity contribution >= 4 is 23.1 Å². The van der Waals surface area contributed by atoms with E-state index in [-0.39, 0.29) is 17.9 Å². The lowest BCUT2D eigenvalue weighted by Gasteiger charge is -2.36. The molecule has 0 radical (unpaired) electrons. The van der Waals surface area contributed by atoms with Gasteiger partial charge in [-0.1, -0.05) is 35.9 Å². The Hall–Kier alpha value is -4.28. The molecule has 11 heteroatoms. The lowest BCUT2D eigenvalue weighted by molar-refractivity contribution is -0.389. The number of ether oxygens (including phenoxy) is 3. The number of nitrogens with zero attached hydrogens (tertiary/aromatic N) is 5. The van der Waals surface area contributed by atoms with Crippen molar-refractivity contribution in [3.05, 3.63) is 105 Å². The molecular weight excluding hydrogens is 558 g/mol. The average molecular weight is 590 g/mol. The molecule has 1 fully saturated rings. The summed E-state index contributed by atoms with van der Waals surface area (Å²) in [6, 6.07) is 24.4. The van der Waals surface area contributed by atoms with Crippen LogP contribution in [0.4, 0.5) is 11.5 Å². The summed E-state index contributed by atoms with van der Waals surface area (Å²) in [5.41, 5.74) is 3.53. The number of imidazole rings is 1. The van der Waals surface area contributed by atoms with Crippen molar-refractivity contribution in [2.45, 2.75) is 32.2 Å². The number of hydrogen-bond donors (Lipinski definition) is 0. The van der Waals surface area contributed by atoms with Crippen molar-refractivity contribution in [1.82, 2.24) is 14.5 Å². The minimum Gasteiger partial charge on any atom is -0.490 e. The van der Waals surface area contributed by atoms with Gasteiger partial charge in [-0.15, -0.1) is 0 Å². The molecule has 3 heterocycles. The molecule has 4 aromatic rings. The Bertz CT molecular complexity index is 1490. The van der Waals surface area contributed by atoms with Crippen LogP contribution in [-0.4, -0.2) is 58.3 Å². The number of benzene rings is 3. The predicted molar refractivity (Wildman–Crippen MR) is 160 cm³/mol. The van der Waals surface area contributed by atoms with Crippen molar-refractivity contribution in [2.24, 2.45) is 0 Å². The Balaban J connectivity index is 0.923. The van der Waals surface area contributed by atoms with E-state index in [0.29, 0.717) is 26.2 Å². The first-order valence-corrected chi connectivity index (χ1v) is 14.4. The van der Waals surface area contributed by atoms with Gasteiger partial charge >= 0.3 is 11.8 Å². The quantitative estimate of drug-likeness (QED) is 0.175. The zero-order chi connectivity index (χ0) is 28.9. The summed E-state index contributed by atoms with van der Waals surface area (Å²) in [5.74, 6) is 1.42. The number of nitro groups is 1. The Morgan fingerprint density at radius 1 is 0.881 bits per heavy atom. The van der Waals surface area contributed by atoms with Gasteiger partial charge in [-0.25, -0.2) is 0 Å². The molecule has 1 aromatic heterocycles. The standard InChI is InChI=1S/C31H32ClN5O5/c32-25-5-1-24(2-6-25)21-40-27-9-3-23(4-10-27)19-34-15-17-35(18-16-34)26-7-11-28(12-8-26)41-22-29-13-14-36-20-30(37(38)39)33-31(36)42-29/h1-12,20,29H,13-19,21-22H2. The van der Waals surface area contributed by atoms with E-state index < -0.39 is 4.92 Å². The van der Waals surface area contributed by atoms with E-state index >= 15 is 0 Å². The number of hydrogen-bond acceptors (Lipinski definition) is 8. The van der Waals surface area contributed by atoms with Crippen LogP contribution >= 0.6 is 11.6 Å². The second-order valence-electron chi connectivity index (χ2n) is 10.5. The molecule has 0 spiro atoms. The van der Waals surface area contributed by atoms with Gasteiger partial charge in [-0.2, -0.15) is 0 Å². The third kappa shape index (κ3) is 6.95. The molecule has 1 unspecified atom stereocenters. The van der Waals surface area contributed by atoms with E-state index in [1.54, 1.807) is 4.57 Å². The summed E-state index contributed by atoms with van der Waals surface area (Å²) in [5, 5.41) is 11.7. The van der Waals surface area contributed by atoms with Crippen LogP contribution in [0.15, 0.2) is 79.0 Å². The molecule has 2 aliphatic rings. The maximum absolute atomic E-state index is 11.0. The highest BCUT2D eigenvalue weighted by Crippen LogP contribution is 2.26. The number of fused-ring (bicyclic) bond motifs is 1. The molecule has 0 amide bonds. The van der Waals surface area contributed by atoms with Crippen molar-refractivity contribution in [1.29, 1.82) is 0 Å². The highest BCUT2D eigenvalue weighted by atomic mass is 35.5. The largest absolute Gasteiger partial charge is 0.490 e. The smallest absolute Gasteiger partial charge is 0.414 e. The number of halogens is 1. The Kier molecular flexibility index (Phi) is 8.43. The maximum atomic E-state index is 11.0. The minimum absolute atomic E-state index is 0.200. The Morgan fingerprint density at radius 2 is 1.55 bits per heavy atom. The summed E-state index contributed by atoms with van der Waals surface area (Å²) >= 11 is 5.95. The molecule has 218 valence electrons. The fraction of sp³-hybridized carbons (Fsp3) is 0.323. The zero-order valence-electron chi connectivity index (χ0n) is 23.1. The van der Waals surface area contributed by atoms with Crippen LogP contribution in [-0.2, 0) is 19.7 Å². The van der Waals surface area contributed by atoms with Gasteiger partial charge in [0.05, 0.1) is 0 Å². The lowest BCUT2D eigenvalue weighted by Crippen LogP contribution is -2.45. The SMILES string of the molecule is O=[N+]([O-])c1cn2c(n1)OC(COc1ccc(N3CCN(Cc4ccc(OCc5ccc(Cl)cc5)cc4)CC3)cc1)CC2. The summed E-state index contributed by atoms with van der Waals surface area (Å²) in [4.78, 5) is 19.2. The molecule has 0 aliphatic carbocycles. The number of rotatable bonds is 10. The summed E-state index contributed by atoms with van der Waals surface area (Å²) in [6.07, 6.45) is 1.90. The van der Waals surface area contributed by atoms with Crippen LogP contribution in [0, 0.1) is 10.1 Å². The first kappa shape index (κ1) is 27.9. The lowest BCUT2D eigenvalue weighted by atomic mass is 10.1. The predicted octanol–water partition coefficient (Wildman–Crippen LogP) is 5.58. The van der Waals surface area contributed by atoms with Gasteiger partial charge in [0.15, 0.2) is 0 Å². The highest BCUT2D eigenvalue weighted by Gasteiger charge is 2.28. The van der Waals surface area contributed by atoms with Gasteiger partial charge in [0.1, 0.15) is 37.0 Å². The first-order chi connectivity index (χ1) is 20.5. The van der Waals surface area contributed by atoms with E-state index in [2.05, 4.69) is 39.0 Å². The number of piperazine rings is 1. The topological polar surface area (TPSA) is 95.1 Å². The van der Waals surface area contributed by atoms with Crippen LogP contribution in [0.25, 0.3) is 0 Å². The Morgan fingerprint density at radius 3 is 2.26 bits per heavy atom. The summed E-state index contributed by atoms with van der Waals surface area (Å²) in [6.45, 7) is 6.28. The van der Waals surface area contributed by atoms with Gasteiger partial charge in [-0.3, -0.25) is 9.47 Å².